The highest BCUT2D eigenvalue weighted by atomic mass is 32.2. The molecule has 1 fully saturated rings. The number of alkyl halides is 5. The minimum absolute atomic E-state index is 0.129. The zero-order chi connectivity index (χ0) is 26.7. The zero-order valence-electron chi connectivity index (χ0n) is 20.2. The molecule has 0 atom stereocenters. The Balaban J connectivity index is 1.77. The lowest BCUT2D eigenvalue weighted by atomic mass is 9.89. The number of piperidine rings is 1. The van der Waals surface area contributed by atoms with Crippen LogP contribution in [0.2, 0.25) is 0 Å². The number of hydrogen-bond acceptors (Lipinski definition) is 7. The first-order valence-corrected chi connectivity index (χ1v) is 12.4. The maximum atomic E-state index is 15.3. The lowest BCUT2D eigenvalue weighted by Crippen LogP contribution is -2.41. The molecule has 0 saturated carbocycles. The Labute approximate surface area is 209 Å². The van der Waals surface area contributed by atoms with Gasteiger partial charge in [-0.05, 0) is 45.9 Å². The Kier molecular flexibility index (Phi) is 8.31. The molecule has 0 aromatic carbocycles. The molecule has 2 aromatic rings. The van der Waals surface area contributed by atoms with Gasteiger partial charge in [-0.15, -0.1) is 0 Å². The number of ether oxygens (including phenoxy) is 2. The summed E-state index contributed by atoms with van der Waals surface area (Å²) in [6.45, 7) is 4.63. The third-order valence-corrected chi connectivity index (χ3v) is 5.88. The van der Waals surface area contributed by atoms with Crippen molar-refractivity contribution in [2.45, 2.75) is 62.4 Å². The van der Waals surface area contributed by atoms with Crippen LogP contribution in [0.25, 0.3) is 0 Å². The van der Waals surface area contributed by atoms with Crippen molar-refractivity contribution >= 4 is 17.9 Å². The third-order valence-electron chi connectivity index (χ3n) is 5.32. The summed E-state index contributed by atoms with van der Waals surface area (Å²) in [7, 11) is 0. The smallest absolute Gasteiger partial charge is 0.433 e. The van der Waals surface area contributed by atoms with Crippen LogP contribution in [0.3, 0.4) is 0 Å². The van der Waals surface area contributed by atoms with Gasteiger partial charge in [-0.25, -0.2) is 19.7 Å². The van der Waals surface area contributed by atoms with Crippen LogP contribution in [0, 0.1) is 0 Å². The van der Waals surface area contributed by atoms with Gasteiger partial charge < -0.3 is 14.4 Å². The molecule has 0 spiro atoms. The summed E-state index contributed by atoms with van der Waals surface area (Å²) in [4.78, 5) is 25.4. The Hall–Kier alpha value is -2.70. The molecular formula is C23H27F5N4O3S. The number of likely N-dealkylation sites (tertiary alicyclic amines) is 1. The van der Waals surface area contributed by atoms with Crippen molar-refractivity contribution in [3.8, 4) is 5.88 Å². The standard InChI is InChI=1S/C23H27F5N4O3S/c1-21(2,3)35-20(33)32-10-8-14(9-11-32)18-15(12-29-19(31-18)36-4)22(24,25)13-34-17-7-5-6-16(30-17)23(26,27)28/h5-7,12,14H,8-11,13H2,1-4H3. The summed E-state index contributed by atoms with van der Waals surface area (Å²) in [5, 5.41) is 0.305. The van der Waals surface area contributed by atoms with E-state index in [1.165, 1.54) is 16.7 Å². The van der Waals surface area contributed by atoms with Crippen LogP contribution in [0.1, 0.15) is 56.5 Å². The van der Waals surface area contributed by atoms with Crippen LogP contribution in [0.4, 0.5) is 26.7 Å². The molecule has 198 valence electrons. The van der Waals surface area contributed by atoms with Gasteiger partial charge in [0.1, 0.15) is 11.3 Å². The Bertz CT molecular complexity index is 1070. The van der Waals surface area contributed by atoms with E-state index >= 15 is 8.78 Å². The highest BCUT2D eigenvalue weighted by Crippen LogP contribution is 2.38. The molecule has 1 aliphatic heterocycles. The van der Waals surface area contributed by atoms with Gasteiger partial charge in [0.2, 0.25) is 5.88 Å². The van der Waals surface area contributed by atoms with Gasteiger partial charge in [-0.2, -0.15) is 22.0 Å². The second kappa shape index (κ2) is 10.7. The van der Waals surface area contributed by atoms with Gasteiger partial charge in [-0.1, -0.05) is 17.8 Å². The molecular weight excluding hydrogens is 507 g/mol. The maximum Gasteiger partial charge on any atom is 0.433 e. The second-order valence-electron chi connectivity index (χ2n) is 9.25. The average Bonchev–Trinajstić information content (AvgIpc) is 2.81. The van der Waals surface area contributed by atoms with E-state index < -0.39 is 47.5 Å². The van der Waals surface area contributed by atoms with E-state index in [2.05, 4.69) is 15.0 Å². The molecule has 1 amide bonds. The average molecular weight is 535 g/mol. The van der Waals surface area contributed by atoms with E-state index in [9.17, 15) is 18.0 Å². The minimum atomic E-state index is -4.73. The van der Waals surface area contributed by atoms with Crippen molar-refractivity contribution in [1.29, 1.82) is 0 Å². The van der Waals surface area contributed by atoms with Gasteiger partial charge in [0.05, 0.1) is 11.3 Å². The first kappa shape index (κ1) is 27.9. The molecule has 13 heteroatoms. The van der Waals surface area contributed by atoms with E-state index in [-0.39, 0.29) is 11.6 Å². The van der Waals surface area contributed by atoms with Gasteiger partial charge in [0.15, 0.2) is 11.8 Å². The van der Waals surface area contributed by atoms with Crippen LogP contribution >= 0.6 is 11.8 Å². The van der Waals surface area contributed by atoms with E-state index in [1.54, 1.807) is 27.0 Å². The van der Waals surface area contributed by atoms with Crippen molar-refractivity contribution in [3.05, 3.63) is 41.3 Å². The molecule has 1 aliphatic rings. The number of amides is 1. The SMILES string of the molecule is CSc1ncc(C(F)(F)COc2cccc(C(F)(F)F)n2)c(C2CCN(C(=O)OC(C)(C)C)CC2)n1. The summed E-state index contributed by atoms with van der Waals surface area (Å²) in [6.07, 6.45) is -1.71. The van der Waals surface area contributed by atoms with E-state index in [0.717, 1.165) is 24.4 Å². The normalized spacial score (nSPS) is 15.6. The molecule has 0 aliphatic carbocycles. The molecule has 0 radical (unpaired) electrons. The monoisotopic (exact) mass is 534 g/mol. The number of nitrogens with zero attached hydrogens (tertiary/aromatic N) is 4. The number of carbonyl (C=O) groups is 1. The zero-order valence-corrected chi connectivity index (χ0v) is 21.1. The van der Waals surface area contributed by atoms with Crippen molar-refractivity contribution in [2.75, 3.05) is 26.0 Å². The summed E-state index contributed by atoms with van der Waals surface area (Å²) in [6, 6.07) is 2.83. The van der Waals surface area contributed by atoms with Crippen LogP contribution in [0.5, 0.6) is 5.88 Å². The van der Waals surface area contributed by atoms with Crippen LogP contribution in [-0.4, -0.2) is 57.5 Å². The molecule has 7 nitrogen and oxygen atoms in total. The molecule has 2 aromatic heterocycles. The quantitative estimate of drug-likeness (QED) is 0.260. The van der Waals surface area contributed by atoms with Gasteiger partial charge in [0, 0.05) is 31.3 Å². The maximum absolute atomic E-state index is 15.3. The Morgan fingerprint density at radius 2 is 1.78 bits per heavy atom. The van der Waals surface area contributed by atoms with Crippen molar-refractivity contribution in [1.82, 2.24) is 19.9 Å². The van der Waals surface area contributed by atoms with E-state index in [1.807, 2.05) is 0 Å². The van der Waals surface area contributed by atoms with Crippen LogP contribution in [0.15, 0.2) is 29.6 Å². The van der Waals surface area contributed by atoms with Gasteiger partial charge >= 0.3 is 18.2 Å². The number of thioether (sulfide) groups is 1. The molecule has 0 N–H and O–H groups in total. The lowest BCUT2D eigenvalue weighted by molar-refractivity contribution is -0.141. The fourth-order valence-corrected chi connectivity index (χ4v) is 3.97. The second-order valence-corrected chi connectivity index (χ2v) is 10.0. The fraction of sp³-hybridized carbons (Fsp3) is 0.565. The first-order chi connectivity index (χ1) is 16.7. The summed E-state index contributed by atoms with van der Waals surface area (Å²) in [5.74, 6) is -4.56. The summed E-state index contributed by atoms with van der Waals surface area (Å²) >= 11 is 1.19. The number of pyridine rings is 1. The van der Waals surface area contributed by atoms with Gasteiger partial charge in [0.25, 0.3) is 0 Å². The lowest BCUT2D eigenvalue weighted by Gasteiger charge is -2.34. The predicted octanol–water partition coefficient (Wildman–Crippen LogP) is 5.90. The predicted molar refractivity (Wildman–Crippen MR) is 122 cm³/mol. The van der Waals surface area contributed by atoms with Crippen molar-refractivity contribution in [3.63, 3.8) is 0 Å². The largest absolute Gasteiger partial charge is 0.471 e. The summed E-state index contributed by atoms with van der Waals surface area (Å²) in [5.41, 5.74) is -2.24. The Morgan fingerprint density at radius 1 is 1.11 bits per heavy atom. The van der Waals surface area contributed by atoms with Crippen LogP contribution < -0.4 is 4.74 Å². The third kappa shape index (κ3) is 7.17. The minimum Gasteiger partial charge on any atom is -0.471 e. The van der Waals surface area contributed by atoms with Crippen molar-refractivity contribution < 1.29 is 36.2 Å². The highest BCUT2D eigenvalue weighted by molar-refractivity contribution is 7.98. The Morgan fingerprint density at radius 3 is 2.36 bits per heavy atom. The van der Waals surface area contributed by atoms with Crippen LogP contribution in [-0.2, 0) is 16.8 Å². The molecule has 3 rings (SSSR count). The molecule has 0 bridgehead atoms. The summed E-state index contributed by atoms with van der Waals surface area (Å²) < 4.78 is 79.5. The first-order valence-electron chi connectivity index (χ1n) is 11.1. The number of halogens is 5. The van der Waals surface area contributed by atoms with Gasteiger partial charge in [-0.3, -0.25) is 0 Å². The topological polar surface area (TPSA) is 77.4 Å². The molecule has 36 heavy (non-hydrogen) atoms. The fourth-order valence-electron chi connectivity index (χ4n) is 3.63. The molecule has 1 saturated heterocycles. The van der Waals surface area contributed by atoms with Crippen molar-refractivity contribution in [2.24, 2.45) is 0 Å². The molecule has 0 unspecified atom stereocenters. The van der Waals surface area contributed by atoms with E-state index in [0.29, 0.717) is 31.1 Å². The van der Waals surface area contributed by atoms with E-state index in [4.69, 9.17) is 9.47 Å². The number of hydrogen-bond donors (Lipinski definition) is 0. The number of rotatable bonds is 6. The molecule has 3 heterocycles. The highest BCUT2D eigenvalue weighted by Gasteiger charge is 2.40. The number of carbonyl (C=O) groups excluding carboxylic acids is 1. The number of aromatic nitrogens is 3.